The number of rotatable bonds is 15. The maximum atomic E-state index is 10.4. The van der Waals surface area contributed by atoms with Crippen molar-refractivity contribution >= 4 is 5.97 Å². The zero-order valence-corrected chi connectivity index (χ0v) is 16.2. The van der Waals surface area contributed by atoms with Crippen LogP contribution < -0.4 is 0 Å². The van der Waals surface area contributed by atoms with Gasteiger partial charge in [-0.1, -0.05) is 68.1 Å². The molecule has 0 rings (SSSR count). The van der Waals surface area contributed by atoms with Gasteiger partial charge in [-0.15, -0.1) is 0 Å². The molecule has 0 aliphatic carbocycles. The van der Waals surface area contributed by atoms with E-state index in [1.54, 1.807) is 0 Å². The van der Waals surface area contributed by atoms with Gasteiger partial charge in [0.1, 0.15) is 0 Å². The first-order valence-corrected chi connectivity index (χ1v) is 9.74. The van der Waals surface area contributed by atoms with Gasteiger partial charge < -0.3 is 5.11 Å². The normalized spacial score (nSPS) is 13.0. The summed E-state index contributed by atoms with van der Waals surface area (Å²) in [6.07, 6.45) is 22.1. The van der Waals surface area contributed by atoms with Gasteiger partial charge in [0.2, 0.25) is 0 Å². The van der Waals surface area contributed by atoms with Gasteiger partial charge in [0, 0.05) is 6.42 Å². The molecule has 0 radical (unpaired) electrons. The van der Waals surface area contributed by atoms with Crippen LogP contribution in [-0.4, -0.2) is 11.1 Å². The molecule has 0 fully saturated rings. The fourth-order valence-electron chi connectivity index (χ4n) is 2.58. The van der Waals surface area contributed by atoms with Crippen molar-refractivity contribution in [2.24, 2.45) is 0 Å². The van der Waals surface area contributed by atoms with E-state index < -0.39 is 5.97 Å². The Bertz CT molecular complexity index is 402. The number of unbranched alkanes of at least 4 members (excludes halogenated alkanes) is 6. The average molecular weight is 335 g/mol. The zero-order valence-electron chi connectivity index (χ0n) is 16.2. The molecule has 1 N–H and O–H groups in total. The summed E-state index contributed by atoms with van der Waals surface area (Å²) in [4.78, 5) is 10.4. The molecule has 2 nitrogen and oxygen atoms in total. The Morgan fingerprint density at radius 3 is 2.17 bits per heavy atom. The van der Waals surface area contributed by atoms with Crippen LogP contribution in [-0.2, 0) is 4.79 Å². The highest BCUT2D eigenvalue weighted by Gasteiger charge is 1.97. The number of carboxylic acid groups (broad SMARTS) is 1. The van der Waals surface area contributed by atoms with Gasteiger partial charge in [0.05, 0.1) is 0 Å². The van der Waals surface area contributed by atoms with Crippen LogP contribution in [0.2, 0.25) is 0 Å². The quantitative estimate of drug-likeness (QED) is 0.253. The van der Waals surface area contributed by atoms with Crippen molar-refractivity contribution in [1.82, 2.24) is 0 Å². The SMILES string of the molecule is CCCCCC=CCC(C)=CCC=C(C)CCCCCCC(=O)O. The lowest BCUT2D eigenvalue weighted by Crippen LogP contribution is -1.93. The van der Waals surface area contributed by atoms with Crippen molar-refractivity contribution in [3.8, 4) is 0 Å². The predicted octanol–water partition coefficient (Wildman–Crippen LogP) is 7.22. The van der Waals surface area contributed by atoms with Gasteiger partial charge in [-0.2, -0.15) is 0 Å². The van der Waals surface area contributed by atoms with E-state index in [-0.39, 0.29) is 0 Å². The standard InChI is InChI=1S/C22H38O2/c1-4-5-6-7-8-11-15-20(2)17-14-18-21(3)16-12-9-10-13-19-22(23)24/h8,11,17-18H,4-7,9-10,12-16,19H2,1-3H3,(H,23,24). The van der Waals surface area contributed by atoms with Crippen molar-refractivity contribution in [3.63, 3.8) is 0 Å². The molecule has 0 saturated carbocycles. The first-order valence-electron chi connectivity index (χ1n) is 9.74. The molecule has 138 valence electrons. The highest BCUT2D eigenvalue weighted by Crippen LogP contribution is 2.12. The zero-order chi connectivity index (χ0) is 18.0. The van der Waals surface area contributed by atoms with E-state index >= 15 is 0 Å². The second kappa shape index (κ2) is 16.5. The Balaban J connectivity index is 3.72. The number of allylic oxidation sites excluding steroid dienone is 6. The summed E-state index contributed by atoms with van der Waals surface area (Å²) in [7, 11) is 0. The largest absolute Gasteiger partial charge is 0.481 e. The summed E-state index contributed by atoms with van der Waals surface area (Å²) in [6, 6.07) is 0. The summed E-state index contributed by atoms with van der Waals surface area (Å²) in [5.41, 5.74) is 2.90. The maximum Gasteiger partial charge on any atom is 0.303 e. The first kappa shape index (κ1) is 22.7. The molecular formula is C22H38O2. The van der Waals surface area contributed by atoms with E-state index in [1.165, 1.54) is 43.3 Å². The Kier molecular flexibility index (Phi) is 15.6. The molecule has 0 aromatic heterocycles. The summed E-state index contributed by atoms with van der Waals surface area (Å²) in [5, 5.41) is 8.58. The molecule has 0 unspecified atom stereocenters. The Hall–Kier alpha value is -1.31. The molecule has 0 atom stereocenters. The number of hydrogen-bond acceptors (Lipinski definition) is 1. The fourth-order valence-corrected chi connectivity index (χ4v) is 2.58. The van der Waals surface area contributed by atoms with Gasteiger partial charge in [-0.25, -0.2) is 0 Å². The van der Waals surface area contributed by atoms with Crippen molar-refractivity contribution in [2.45, 2.75) is 97.8 Å². The molecule has 0 spiro atoms. The lowest BCUT2D eigenvalue weighted by molar-refractivity contribution is -0.137. The van der Waals surface area contributed by atoms with Crippen LogP contribution in [0.25, 0.3) is 0 Å². The van der Waals surface area contributed by atoms with Gasteiger partial charge in [0.25, 0.3) is 0 Å². The minimum absolute atomic E-state index is 0.311. The van der Waals surface area contributed by atoms with Crippen LogP contribution in [0.15, 0.2) is 35.5 Å². The third-order valence-corrected chi connectivity index (χ3v) is 4.23. The number of hydrogen-bond donors (Lipinski definition) is 1. The molecule has 0 aliphatic rings. The molecule has 24 heavy (non-hydrogen) atoms. The second-order valence-electron chi connectivity index (χ2n) is 6.82. The molecule has 0 saturated heterocycles. The van der Waals surface area contributed by atoms with Crippen molar-refractivity contribution in [2.75, 3.05) is 0 Å². The fraction of sp³-hybridized carbons (Fsp3) is 0.682. The summed E-state index contributed by atoms with van der Waals surface area (Å²) >= 11 is 0. The van der Waals surface area contributed by atoms with Gasteiger partial charge in [-0.05, 0) is 58.8 Å². The average Bonchev–Trinajstić information content (AvgIpc) is 2.53. The van der Waals surface area contributed by atoms with Gasteiger partial charge in [0.15, 0.2) is 0 Å². The van der Waals surface area contributed by atoms with Gasteiger partial charge >= 0.3 is 5.97 Å². The van der Waals surface area contributed by atoms with E-state index in [4.69, 9.17) is 5.11 Å². The number of aliphatic carboxylic acids is 1. The summed E-state index contributed by atoms with van der Waals surface area (Å²) in [5.74, 6) is -0.677. The first-order chi connectivity index (χ1) is 11.6. The maximum absolute atomic E-state index is 10.4. The second-order valence-corrected chi connectivity index (χ2v) is 6.82. The van der Waals surface area contributed by atoms with E-state index in [9.17, 15) is 4.79 Å². The highest BCUT2D eigenvalue weighted by molar-refractivity contribution is 5.66. The Labute approximate surface area is 149 Å². The highest BCUT2D eigenvalue weighted by atomic mass is 16.4. The van der Waals surface area contributed by atoms with Crippen LogP contribution in [0.1, 0.15) is 97.8 Å². The molecule has 2 heteroatoms. The molecule has 0 amide bonds. The Morgan fingerprint density at radius 2 is 1.50 bits per heavy atom. The molecule has 0 aromatic carbocycles. The topological polar surface area (TPSA) is 37.3 Å². The van der Waals surface area contributed by atoms with Crippen LogP contribution in [0.3, 0.4) is 0 Å². The number of carboxylic acids is 1. The van der Waals surface area contributed by atoms with E-state index in [0.29, 0.717) is 6.42 Å². The van der Waals surface area contributed by atoms with Crippen LogP contribution in [0.5, 0.6) is 0 Å². The minimum Gasteiger partial charge on any atom is -0.481 e. The summed E-state index contributed by atoms with van der Waals surface area (Å²) in [6.45, 7) is 6.65. The van der Waals surface area contributed by atoms with Crippen molar-refractivity contribution in [1.29, 1.82) is 0 Å². The van der Waals surface area contributed by atoms with Gasteiger partial charge in [-0.3, -0.25) is 4.79 Å². The van der Waals surface area contributed by atoms with Crippen molar-refractivity contribution < 1.29 is 9.90 Å². The lowest BCUT2D eigenvalue weighted by Gasteiger charge is -2.02. The van der Waals surface area contributed by atoms with Crippen molar-refractivity contribution in [3.05, 3.63) is 35.5 Å². The Morgan fingerprint density at radius 1 is 0.833 bits per heavy atom. The monoisotopic (exact) mass is 334 g/mol. The predicted molar refractivity (Wildman–Crippen MR) is 105 cm³/mol. The van der Waals surface area contributed by atoms with E-state index in [2.05, 4.69) is 45.1 Å². The molecule has 0 bridgehead atoms. The number of carbonyl (C=O) groups is 1. The molecular weight excluding hydrogens is 296 g/mol. The van der Waals surface area contributed by atoms with E-state index in [1.807, 2.05) is 0 Å². The summed E-state index contributed by atoms with van der Waals surface area (Å²) < 4.78 is 0. The third-order valence-electron chi connectivity index (χ3n) is 4.23. The van der Waals surface area contributed by atoms with Crippen LogP contribution in [0.4, 0.5) is 0 Å². The van der Waals surface area contributed by atoms with Crippen LogP contribution in [0, 0.1) is 0 Å². The lowest BCUT2D eigenvalue weighted by atomic mass is 10.1. The third kappa shape index (κ3) is 17.1. The molecule has 0 aromatic rings. The minimum atomic E-state index is -0.677. The van der Waals surface area contributed by atoms with Crippen LogP contribution >= 0.6 is 0 Å². The molecule has 0 aliphatic heterocycles. The molecule has 0 heterocycles. The van der Waals surface area contributed by atoms with E-state index in [0.717, 1.165) is 38.5 Å². The smallest absolute Gasteiger partial charge is 0.303 e.